The molecular formula is C13H21N3O2S. The Hall–Kier alpha value is -0.720. The highest BCUT2D eigenvalue weighted by molar-refractivity contribution is 7.15. The van der Waals surface area contributed by atoms with Crippen molar-refractivity contribution in [1.82, 2.24) is 10.2 Å². The Morgan fingerprint density at radius 1 is 1.21 bits per heavy atom. The number of hydrogen-bond donors (Lipinski definition) is 0. The van der Waals surface area contributed by atoms with Gasteiger partial charge in [0.25, 0.3) is 0 Å². The summed E-state index contributed by atoms with van der Waals surface area (Å²) >= 11 is 1.71. The van der Waals surface area contributed by atoms with Crippen molar-refractivity contribution in [2.75, 3.05) is 37.8 Å². The molecule has 2 aliphatic heterocycles. The lowest BCUT2D eigenvalue weighted by Gasteiger charge is -2.44. The molecule has 3 heterocycles. The summed E-state index contributed by atoms with van der Waals surface area (Å²) in [7, 11) is 0. The van der Waals surface area contributed by atoms with E-state index in [2.05, 4.69) is 28.9 Å². The lowest BCUT2D eigenvalue weighted by molar-refractivity contribution is -0.116. The lowest BCUT2D eigenvalue weighted by atomic mass is 9.92. The summed E-state index contributed by atoms with van der Waals surface area (Å²) in [5, 5.41) is 10.8. The molecule has 0 bridgehead atoms. The predicted octanol–water partition coefficient (Wildman–Crippen LogP) is 2.05. The van der Waals surface area contributed by atoms with Gasteiger partial charge in [-0.1, -0.05) is 25.2 Å². The topological polar surface area (TPSA) is 47.5 Å². The number of ether oxygens (including phenoxy) is 2. The minimum Gasteiger partial charge on any atom is -0.381 e. The number of nitrogens with zero attached hydrogens (tertiary/aromatic N) is 3. The largest absolute Gasteiger partial charge is 0.381 e. The zero-order chi connectivity index (χ0) is 13.3. The van der Waals surface area contributed by atoms with Crippen molar-refractivity contribution in [2.45, 2.75) is 38.2 Å². The molecule has 0 amide bonds. The second-order valence-corrected chi connectivity index (χ2v) is 6.63. The first-order valence-electron chi connectivity index (χ1n) is 6.99. The van der Waals surface area contributed by atoms with Crippen molar-refractivity contribution in [3.63, 3.8) is 0 Å². The molecule has 2 saturated heterocycles. The number of morpholine rings is 1. The smallest absolute Gasteiger partial charge is 0.208 e. The Morgan fingerprint density at radius 3 is 2.68 bits per heavy atom. The zero-order valence-corrected chi connectivity index (χ0v) is 12.4. The Balaban J connectivity index is 1.73. The first-order valence-corrected chi connectivity index (χ1v) is 7.80. The molecule has 0 aliphatic carbocycles. The van der Waals surface area contributed by atoms with Crippen LogP contribution in [0.3, 0.4) is 0 Å². The van der Waals surface area contributed by atoms with E-state index in [-0.39, 0.29) is 5.60 Å². The van der Waals surface area contributed by atoms with Gasteiger partial charge in [-0.05, 0) is 0 Å². The van der Waals surface area contributed by atoms with E-state index < -0.39 is 0 Å². The maximum Gasteiger partial charge on any atom is 0.208 e. The van der Waals surface area contributed by atoms with Gasteiger partial charge in [-0.15, -0.1) is 10.2 Å². The summed E-state index contributed by atoms with van der Waals surface area (Å²) in [6, 6.07) is 0. The third kappa shape index (κ3) is 2.75. The van der Waals surface area contributed by atoms with E-state index in [4.69, 9.17) is 9.47 Å². The summed E-state index contributed by atoms with van der Waals surface area (Å²) in [4.78, 5) is 2.33. The first-order chi connectivity index (χ1) is 9.19. The molecule has 0 saturated carbocycles. The van der Waals surface area contributed by atoms with Crippen LogP contribution in [0, 0.1) is 0 Å². The molecule has 1 spiro atoms. The monoisotopic (exact) mass is 283 g/mol. The molecule has 0 radical (unpaired) electrons. The molecular weight excluding hydrogens is 262 g/mol. The maximum absolute atomic E-state index is 6.05. The number of anilines is 1. The van der Waals surface area contributed by atoms with Gasteiger partial charge in [0.1, 0.15) is 5.01 Å². The van der Waals surface area contributed by atoms with Gasteiger partial charge in [0.15, 0.2) is 0 Å². The Morgan fingerprint density at radius 2 is 2.00 bits per heavy atom. The third-order valence-electron chi connectivity index (χ3n) is 3.85. The van der Waals surface area contributed by atoms with E-state index in [1.54, 1.807) is 11.3 Å². The van der Waals surface area contributed by atoms with E-state index in [0.717, 1.165) is 55.9 Å². The highest BCUT2D eigenvalue weighted by atomic mass is 32.1. The Kier molecular flexibility index (Phi) is 3.73. The molecule has 1 aromatic heterocycles. The molecule has 0 N–H and O–H groups in total. The van der Waals surface area contributed by atoms with E-state index in [0.29, 0.717) is 5.92 Å². The summed E-state index contributed by atoms with van der Waals surface area (Å²) < 4.78 is 11.5. The van der Waals surface area contributed by atoms with Crippen LogP contribution in [0.2, 0.25) is 0 Å². The van der Waals surface area contributed by atoms with Crippen LogP contribution < -0.4 is 4.90 Å². The molecule has 2 aliphatic rings. The van der Waals surface area contributed by atoms with Crippen molar-refractivity contribution in [2.24, 2.45) is 0 Å². The molecule has 0 atom stereocenters. The molecule has 0 aromatic carbocycles. The van der Waals surface area contributed by atoms with Gasteiger partial charge in [-0.3, -0.25) is 0 Å². The van der Waals surface area contributed by atoms with Gasteiger partial charge in [0.2, 0.25) is 5.13 Å². The van der Waals surface area contributed by atoms with Gasteiger partial charge >= 0.3 is 0 Å². The molecule has 3 rings (SSSR count). The zero-order valence-electron chi connectivity index (χ0n) is 11.6. The minimum absolute atomic E-state index is 0.0276. The average Bonchev–Trinajstić information content (AvgIpc) is 2.89. The Bertz CT molecular complexity index is 424. The van der Waals surface area contributed by atoms with Crippen LogP contribution in [0.1, 0.15) is 37.6 Å². The van der Waals surface area contributed by atoms with E-state index in [1.165, 1.54) is 0 Å². The quantitative estimate of drug-likeness (QED) is 0.831. The Labute approximate surface area is 117 Å². The standard InChI is InChI=1S/C13H21N3O2S/c1-10(2)11-14-15-12(19-11)16-5-8-18-13(9-16)3-6-17-7-4-13/h10H,3-9H2,1-2H3. The van der Waals surface area contributed by atoms with Crippen LogP contribution >= 0.6 is 11.3 Å². The number of rotatable bonds is 2. The fourth-order valence-electron chi connectivity index (χ4n) is 2.64. The van der Waals surface area contributed by atoms with E-state index in [1.807, 2.05) is 0 Å². The van der Waals surface area contributed by atoms with Crippen LogP contribution in [0.5, 0.6) is 0 Å². The fourth-order valence-corrected chi connectivity index (χ4v) is 3.51. The molecule has 6 heteroatoms. The SMILES string of the molecule is CC(C)c1nnc(N2CCOC3(CCOCC3)C2)s1. The third-order valence-corrected chi connectivity index (χ3v) is 5.13. The number of aromatic nitrogens is 2. The van der Waals surface area contributed by atoms with Crippen molar-refractivity contribution in [3.05, 3.63) is 5.01 Å². The summed E-state index contributed by atoms with van der Waals surface area (Å²) in [6.07, 6.45) is 1.97. The molecule has 5 nitrogen and oxygen atoms in total. The highest BCUT2D eigenvalue weighted by Crippen LogP contribution is 2.33. The van der Waals surface area contributed by atoms with Crippen molar-refractivity contribution in [1.29, 1.82) is 0 Å². The molecule has 106 valence electrons. The lowest BCUT2D eigenvalue weighted by Crippen LogP contribution is -2.54. The van der Waals surface area contributed by atoms with Crippen LogP contribution in [0.25, 0.3) is 0 Å². The van der Waals surface area contributed by atoms with Crippen LogP contribution in [-0.4, -0.2) is 48.7 Å². The van der Waals surface area contributed by atoms with Gasteiger partial charge in [-0.2, -0.15) is 0 Å². The summed E-state index contributed by atoms with van der Waals surface area (Å²) in [5.41, 5.74) is -0.0276. The fraction of sp³-hybridized carbons (Fsp3) is 0.846. The van der Waals surface area contributed by atoms with Gasteiger partial charge < -0.3 is 14.4 Å². The molecule has 2 fully saturated rings. The van der Waals surface area contributed by atoms with Crippen molar-refractivity contribution < 1.29 is 9.47 Å². The van der Waals surface area contributed by atoms with E-state index in [9.17, 15) is 0 Å². The number of hydrogen-bond acceptors (Lipinski definition) is 6. The van der Waals surface area contributed by atoms with E-state index >= 15 is 0 Å². The molecule has 1 aromatic rings. The predicted molar refractivity (Wildman–Crippen MR) is 74.9 cm³/mol. The second kappa shape index (κ2) is 5.34. The van der Waals surface area contributed by atoms with Gasteiger partial charge in [0, 0.05) is 45.1 Å². The summed E-state index contributed by atoms with van der Waals surface area (Å²) in [5.74, 6) is 0.448. The highest BCUT2D eigenvalue weighted by Gasteiger charge is 2.39. The molecule has 19 heavy (non-hydrogen) atoms. The van der Waals surface area contributed by atoms with Gasteiger partial charge in [-0.25, -0.2) is 0 Å². The maximum atomic E-state index is 6.05. The van der Waals surface area contributed by atoms with Crippen molar-refractivity contribution >= 4 is 16.5 Å². The second-order valence-electron chi connectivity index (χ2n) is 5.64. The van der Waals surface area contributed by atoms with Crippen molar-refractivity contribution in [3.8, 4) is 0 Å². The normalized spacial score (nSPS) is 23.2. The van der Waals surface area contributed by atoms with Crippen LogP contribution in [-0.2, 0) is 9.47 Å². The van der Waals surface area contributed by atoms with Crippen LogP contribution in [0.4, 0.5) is 5.13 Å². The van der Waals surface area contributed by atoms with Gasteiger partial charge in [0.05, 0.1) is 12.2 Å². The molecule has 0 unspecified atom stereocenters. The first kappa shape index (κ1) is 13.3. The average molecular weight is 283 g/mol. The minimum atomic E-state index is -0.0276. The van der Waals surface area contributed by atoms with Crippen LogP contribution in [0.15, 0.2) is 0 Å². The summed E-state index contributed by atoms with van der Waals surface area (Å²) in [6.45, 7) is 8.53.